The van der Waals surface area contributed by atoms with E-state index < -0.39 is 21.9 Å². The van der Waals surface area contributed by atoms with E-state index in [0.717, 1.165) is 15.9 Å². The lowest BCUT2D eigenvalue weighted by molar-refractivity contribution is 0.185. The summed E-state index contributed by atoms with van der Waals surface area (Å²) in [5, 5.41) is 4.35. The first-order chi connectivity index (χ1) is 13.0. The predicted octanol–water partition coefficient (Wildman–Crippen LogP) is 1.69. The highest BCUT2D eigenvalue weighted by molar-refractivity contribution is 7.89. The van der Waals surface area contributed by atoms with E-state index in [1.165, 1.54) is 28.9 Å². The van der Waals surface area contributed by atoms with Crippen molar-refractivity contribution in [2.45, 2.75) is 10.9 Å². The highest BCUT2D eigenvalue weighted by Crippen LogP contribution is 2.28. The molecular weight excluding hydrogens is 371 g/mol. The van der Waals surface area contributed by atoms with Crippen LogP contribution >= 0.6 is 0 Å². The predicted molar refractivity (Wildman–Crippen MR) is 95.9 cm³/mol. The van der Waals surface area contributed by atoms with Crippen molar-refractivity contribution in [2.24, 2.45) is 0 Å². The van der Waals surface area contributed by atoms with E-state index in [1.54, 1.807) is 30.6 Å². The van der Waals surface area contributed by atoms with E-state index in [-0.39, 0.29) is 23.5 Å². The summed E-state index contributed by atoms with van der Waals surface area (Å²) in [5.41, 5.74) is 1.07. The van der Waals surface area contributed by atoms with Crippen LogP contribution in [0.4, 0.5) is 4.39 Å². The average molecular weight is 386 g/mol. The van der Waals surface area contributed by atoms with Gasteiger partial charge in [0.15, 0.2) is 0 Å². The second-order valence-corrected chi connectivity index (χ2v) is 8.05. The van der Waals surface area contributed by atoms with Crippen LogP contribution in [-0.4, -0.2) is 40.6 Å². The average Bonchev–Trinajstić information content (AvgIpc) is 2.63. The van der Waals surface area contributed by atoms with Gasteiger partial charge in [0.2, 0.25) is 10.0 Å². The van der Waals surface area contributed by atoms with Crippen LogP contribution in [0.15, 0.2) is 70.6 Å². The van der Waals surface area contributed by atoms with Gasteiger partial charge in [-0.1, -0.05) is 12.1 Å². The third-order valence-electron chi connectivity index (χ3n) is 4.43. The van der Waals surface area contributed by atoms with Crippen molar-refractivity contribution in [3.63, 3.8) is 0 Å². The zero-order chi connectivity index (χ0) is 19.0. The Kier molecular flexibility index (Phi) is 4.33. The number of halogens is 1. The molecular formula is C18H15FN4O3S. The SMILES string of the molecule is O=c1ccc(-c2ccncc2)nn1C1CN(S(=O)(=O)c2ccccc2F)C1. The molecule has 2 aromatic heterocycles. The maximum atomic E-state index is 13.9. The van der Waals surface area contributed by atoms with Gasteiger partial charge < -0.3 is 0 Å². The van der Waals surface area contributed by atoms with Gasteiger partial charge in [-0.05, 0) is 30.3 Å². The third kappa shape index (κ3) is 3.15. The standard InChI is InChI=1S/C18H15FN4O3S/c19-15-3-1-2-4-17(15)27(25,26)22-11-14(12-22)23-18(24)6-5-16(21-23)13-7-9-20-10-8-13/h1-10,14H,11-12H2. The van der Waals surface area contributed by atoms with Crippen LogP contribution in [0.2, 0.25) is 0 Å². The first kappa shape index (κ1) is 17.5. The summed E-state index contributed by atoms with van der Waals surface area (Å²) in [5.74, 6) is -0.795. The van der Waals surface area contributed by atoms with E-state index >= 15 is 0 Å². The molecule has 3 heterocycles. The van der Waals surface area contributed by atoms with Crippen molar-refractivity contribution >= 4 is 10.0 Å². The number of aromatic nitrogens is 3. The van der Waals surface area contributed by atoms with Crippen LogP contribution in [0.1, 0.15) is 6.04 Å². The van der Waals surface area contributed by atoms with Gasteiger partial charge in [-0.25, -0.2) is 17.5 Å². The Balaban J connectivity index is 1.58. The lowest BCUT2D eigenvalue weighted by Crippen LogP contribution is -2.53. The zero-order valence-corrected chi connectivity index (χ0v) is 14.9. The molecule has 0 spiro atoms. The fraction of sp³-hybridized carbons (Fsp3) is 0.167. The fourth-order valence-corrected chi connectivity index (χ4v) is 4.50. The Bertz CT molecular complexity index is 1140. The fourth-order valence-electron chi connectivity index (χ4n) is 2.92. The van der Waals surface area contributed by atoms with Crippen molar-refractivity contribution in [3.05, 3.63) is 77.1 Å². The van der Waals surface area contributed by atoms with E-state index in [1.807, 2.05) is 0 Å². The molecule has 138 valence electrons. The second kappa shape index (κ2) is 6.67. The molecule has 0 aliphatic carbocycles. The van der Waals surface area contributed by atoms with Crippen molar-refractivity contribution in [1.29, 1.82) is 0 Å². The minimum atomic E-state index is -3.94. The molecule has 1 aliphatic rings. The number of sulfonamides is 1. The van der Waals surface area contributed by atoms with Gasteiger partial charge in [-0.3, -0.25) is 9.78 Å². The molecule has 1 aliphatic heterocycles. The number of nitrogens with zero attached hydrogens (tertiary/aromatic N) is 4. The summed E-state index contributed by atoms with van der Waals surface area (Å²) in [6.45, 7) is 0.118. The Labute approximate surface area is 154 Å². The van der Waals surface area contributed by atoms with Gasteiger partial charge in [-0.15, -0.1) is 0 Å². The molecule has 1 fully saturated rings. The first-order valence-corrected chi connectivity index (χ1v) is 9.66. The van der Waals surface area contributed by atoms with Crippen molar-refractivity contribution in [1.82, 2.24) is 19.1 Å². The quantitative estimate of drug-likeness (QED) is 0.681. The minimum Gasteiger partial charge on any atom is -0.268 e. The van der Waals surface area contributed by atoms with Gasteiger partial charge in [0.25, 0.3) is 5.56 Å². The number of benzene rings is 1. The molecule has 0 radical (unpaired) electrons. The summed E-state index contributed by atoms with van der Waals surface area (Å²) in [6.07, 6.45) is 3.25. The molecule has 0 N–H and O–H groups in total. The van der Waals surface area contributed by atoms with Crippen molar-refractivity contribution in [2.75, 3.05) is 13.1 Å². The van der Waals surface area contributed by atoms with Crippen LogP contribution < -0.4 is 5.56 Å². The number of hydrogen-bond donors (Lipinski definition) is 0. The number of rotatable bonds is 4. The van der Waals surface area contributed by atoms with Gasteiger partial charge in [-0.2, -0.15) is 9.40 Å². The van der Waals surface area contributed by atoms with Crippen LogP contribution in [0.3, 0.4) is 0 Å². The second-order valence-electron chi connectivity index (χ2n) is 6.14. The normalized spacial score (nSPS) is 15.4. The van der Waals surface area contributed by atoms with Crippen molar-refractivity contribution < 1.29 is 12.8 Å². The minimum absolute atomic E-state index is 0.0589. The molecule has 1 saturated heterocycles. The molecule has 7 nitrogen and oxygen atoms in total. The van der Waals surface area contributed by atoms with Crippen LogP contribution in [0.5, 0.6) is 0 Å². The molecule has 3 aromatic rings. The molecule has 9 heteroatoms. The van der Waals surface area contributed by atoms with E-state index in [2.05, 4.69) is 10.1 Å². The summed E-state index contributed by atoms with van der Waals surface area (Å²) in [6, 6.07) is 11.4. The lowest BCUT2D eigenvalue weighted by Gasteiger charge is -2.38. The molecule has 0 bridgehead atoms. The van der Waals surface area contributed by atoms with E-state index in [0.29, 0.717) is 5.69 Å². The number of pyridine rings is 1. The monoisotopic (exact) mass is 386 g/mol. The Morgan fingerprint density at radius 3 is 2.41 bits per heavy atom. The van der Waals surface area contributed by atoms with Crippen LogP contribution in [0.25, 0.3) is 11.3 Å². The van der Waals surface area contributed by atoms with Crippen LogP contribution in [-0.2, 0) is 10.0 Å². The lowest BCUT2D eigenvalue weighted by atomic mass is 10.1. The summed E-state index contributed by atoms with van der Waals surface area (Å²) in [4.78, 5) is 15.8. The van der Waals surface area contributed by atoms with Gasteiger partial charge >= 0.3 is 0 Å². The first-order valence-electron chi connectivity index (χ1n) is 8.22. The number of hydrogen-bond acceptors (Lipinski definition) is 5. The van der Waals surface area contributed by atoms with Gasteiger partial charge in [0.05, 0.1) is 11.7 Å². The molecule has 0 amide bonds. The molecule has 0 saturated carbocycles. The molecule has 27 heavy (non-hydrogen) atoms. The van der Waals surface area contributed by atoms with E-state index in [9.17, 15) is 17.6 Å². The topological polar surface area (TPSA) is 85.2 Å². The zero-order valence-electron chi connectivity index (χ0n) is 14.1. The van der Waals surface area contributed by atoms with Crippen LogP contribution in [0, 0.1) is 5.82 Å². The largest absolute Gasteiger partial charge is 0.268 e. The maximum Gasteiger partial charge on any atom is 0.267 e. The molecule has 4 rings (SSSR count). The van der Waals surface area contributed by atoms with E-state index in [4.69, 9.17) is 0 Å². The summed E-state index contributed by atoms with van der Waals surface area (Å²) >= 11 is 0. The van der Waals surface area contributed by atoms with Gasteiger partial charge in [0, 0.05) is 37.1 Å². The Hall–Kier alpha value is -2.91. The highest BCUT2D eigenvalue weighted by atomic mass is 32.2. The Morgan fingerprint density at radius 2 is 1.70 bits per heavy atom. The van der Waals surface area contributed by atoms with Gasteiger partial charge in [0.1, 0.15) is 10.7 Å². The Morgan fingerprint density at radius 1 is 1.00 bits per heavy atom. The summed E-state index contributed by atoms with van der Waals surface area (Å²) in [7, 11) is -3.94. The smallest absolute Gasteiger partial charge is 0.267 e. The molecule has 0 atom stereocenters. The third-order valence-corrected chi connectivity index (χ3v) is 6.30. The maximum absolute atomic E-state index is 13.9. The molecule has 0 unspecified atom stereocenters. The summed E-state index contributed by atoms with van der Waals surface area (Å²) < 4.78 is 41.4. The molecule has 1 aromatic carbocycles. The highest BCUT2D eigenvalue weighted by Gasteiger charge is 2.39. The van der Waals surface area contributed by atoms with Crippen molar-refractivity contribution in [3.8, 4) is 11.3 Å².